The van der Waals surface area contributed by atoms with Gasteiger partial charge >= 0.3 is 0 Å². The minimum absolute atomic E-state index is 0.156. The molecule has 5 aliphatic rings. The molecule has 1 spiro atoms. The number of anilines is 3. The van der Waals surface area contributed by atoms with Gasteiger partial charge in [-0.15, -0.1) is 11.3 Å². The SMILES string of the molecule is c1ccc(-c2ccc(N(c3ccc(-c4ccccc4)cc3)c3cccc4sc5c(-c6cccc7c6-c6ccccc6C76C7CC8CC(C7)CC6C8)cccc5c34)cc2)cc1. The van der Waals surface area contributed by atoms with Gasteiger partial charge in [0.1, 0.15) is 0 Å². The van der Waals surface area contributed by atoms with Crippen LogP contribution in [-0.2, 0) is 5.41 Å². The Hall–Kier alpha value is -6.22. The van der Waals surface area contributed by atoms with E-state index in [2.05, 4.69) is 193 Å². The van der Waals surface area contributed by atoms with Gasteiger partial charge in [-0.25, -0.2) is 0 Å². The molecule has 8 aromatic carbocycles. The van der Waals surface area contributed by atoms with Crippen LogP contribution in [0.2, 0.25) is 0 Å². The molecule has 9 aromatic rings. The van der Waals surface area contributed by atoms with Crippen LogP contribution in [0.1, 0.15) is 43.2 Å². The van der Waals surface area contributed by atoms with E-state index in [1.165, 1.54) is 102 Å². The van der Waals surface area contributed by atoms with Crippen molar-refractivity contribution in [2.24, 2.45) is 23.7 Å². The largest absolute Gasteiger partial charge is 0.310 e. The Morgan fingerprint density at radius 3 is 1.58 bits per heavy atom. The van der Waals surface area contributed by atoms with Crippen LogP contribution in [0.25, 0.3) is 64.7 Å². The van der Waals surface area contributed by atoms with Crippen LogP contribution in [0.3, 0.4) is 0 Å². The number of thiophene rings is 1. The molecule has 5 aliphatic carbocycles. The second kappa shape index (κ2) is 13.4. The van der Waals surface area contributed by atoms with Crippen molar-refractivity contribution in [3.8, 4) is 44.5 Å². The molecule has 0 atom stereocenters. The lowest BCUT2D eigenvalue weighted by atomic mass is 9.43. The summed E-state index contributed by atoms with van der Waals surface area (Å²) in [6.07, 6.45) is 7.09. The minimum Gasteiger partial charge on any atom is -0.310 e. The van der Waals surface area contributed by atoms with Gasteiger partial charge in [-0.05, 0) is 142 Å². The average Bonchev–Trinajstić information content (AvgIpc) is 3.84. The van der Waals surface area contributed by atoms with Crippen molar-refractivity contribution in [2.75, 3.05) is 4.90 Å². The zero-order valence-corrected chi connectivity index (χ0v) is 34.4. The van der Waals surface area contributed by atoms with Crippen molar-refractivity contribution in [3.05, 3.63) is 199 Å². The van der Waals surface area contributed by atoms with Crippen LogP contribution in [0.5, 0.6) is 0 Å². The lowest BCUT2D eigenvalue weighted by molar-refractivity contribution is -0.0399. The van der Waals surface area contributed by atoms with E-state index in [1.807, 2.05) is 11.3 Å². The van der Waals surface area contributed by atoms with Gasteiger partial charge in [0.05, 0.1) is 5.69 Å². The molecule has 0 saturated heterocycles. The van der Waals surface area contributed by atoms with Gasteiger partial charge in [-0.2, -0.15) is 0 Å². The first kappa shape index (κ1) is 34.6. The fourth-order valence-corrected chi connectivity index (χ4v) is 14.2. The number of nitrogens with zero attached hydrogens (tertiary/aromatic N) is 1. The summed E-state index contributed by atoms with van der Waals surface area (Å²) in [4.78, 5) is 2.47. The molecule has 14 rings (SSSR count). The maximum atomic E-state index is 2.54. The third-order valence-electron chi connectivity index (χ3n) is 15.1. The van der Waals surface area contributed by atoms with Crippen molar-refractivity contribution >= 4 is 48.6 Å². The summed E-state index contributed by atoms with van der Waals surface area (Å²) in [5.41, 5.74) is 17.5. The number of fused-ring (bicyclic) bond motifs is 6. The van der Waals surface area contributed by atoms with E-state index in [-0.39, 0.29) is 5.41 Å². The summed E-state index contributed by atoms with van der Waals surface area (Å²) < 4.78 is 2.68. The van der Waals surface area contributed by atoms with E-state index < -0.39 is 0 Å². The Morgan fingerprint density at radius 1 is 0.417 bits per heavy atom. The highest BCUT2D eigenvalue weighted by Crippen LogP contribution is 2.70. The standard InChI is InChI=1S/C58H45NS/c1-3-12-39(13-4-1)41-24-28-45(29-25-41)59(46-30-26-42(27-31-46)40-14-5-2-6-15-40)53-22-11-23-54-56(53)50-19-9-18-48(57(50)60-54)47-17-10-21-52-55(47)49-16-7-8-20-51(49)58(52)43-33-37-32-38(35-43)36-44(58)34-37/h1-31,37-38,43-44H,32-36H2. The summed E-state index contributed by atoms with van der Waals surface area (Å²) >= 11 is 1.95. The highest BCUT2D eigenvalue weighted by atomic mass is 32.1. The predicted octanol–water partition coefficient (Wildman–Crippen LogP) is 16.2. The molecular formula is C58H45NS. The number of hydrogen-bond donors (Lipinski definition) is 0. The zero-order chi connectivity index (χ0) is 39.4. The van der Waals surface area contributed by atoms with Crippen molar-refractivity contribution in [3.63, 3.8) is 0 Å². The third-order valence-corrected chi connectivity index (χ3v) is 16.3. The monoisotopic (exact) mass is 787 g/mol. The molecular weight excluding hydrogens is 743 g/mol. The van der Waals surface area contributed by atoms with Gasteiger partial charge in [0.2, 0.25) is 0 Å². The van der Waals surface area contributed by atoms with Gasteiger partial charge in [0.25, 0.3) is 0 Å². The lowest BCUT2D eigenvalue weighted by Gasteiger charge is -2.61. The van der Waals surface area contributed by atoms with E-state index in [1.54, 1.807) is 11.1 Å². The van der Waals surface area contributed by atoms with Gasteiger partial charge in [-0.1, -0.05) is 152 Å². The fraction of sp³-hybridized carbons (Fsp3) is 0.172. The normalized spacial score (nSPS) is 22.1. The minimum atomic E-state index is 0.156. The second-order valence-electron chi connectivity index (χ2n) is 18.0. The molecule has 4 bridgehead atoms. The van der Waals surface area contributed by atoms with Crippen molar-refractivity contribution in [1.29, 1.82) is 0 Å². The molecule has 288 valence electrons. The Bertz CT molecular complexity index is 2970. The maximum absolute atomic E-state index is 2.54. The van der Waals surface area contributed by atoms with Crippen LogP contribution in [0.15, 0.2) is 188 Å². The lowest BCUT2D eigenvalue weighted by Crippen LogP contribution is -2.55. The number of rotatable bonds is 6. The van der Waals surface area contributed by atoms with Gasteiger partial charge in [0, 0.05) is 42.5 Å². The summed E-state index contributed by atoms with van der Waals surface area (Å²) in [7, 11) is 0. The summed E-state index contributed by atoms with van der Waals surface area (Å²) in [5.74, 6) is 3.37. The smallest absolute Gasteiger partial charge is 0.0554 e. The topological polar surface area (TPSA) is 3.24 Å². The first-order valence-electron chi connectivity index (χ1n) is 22.0. The molecule has 0 unspecified atom stereocenters. The number of hydrogen-bond acceptors (Lipinski definition) is 2. The highest BCUT2D eigenvalue weighted by molar-refractivity contribution is 7.26. The Balaban J connectivity index is 0.991. The van der Waals surface area contributed by atoms with Crippen LogP contribution < -0.4 is 4.90 Å². The fourth-order valence-electron chi connectivity index (χ4n) is 12.9. The van der Waals surface area contributed by atoms with Crippen molar-refractivity contribution < 1.29 is 0 Å². The maximum Gasteiger partial charge on any atom is 0.0554 e. The average molecular weight is 788 g/mol. The molecule has 1 nitrogen and oxygen atoms in total. The quantitative estimate of drug-likeness (QED) is 0.162. The van der Waals surface area contributed by atoms with E-state index in [9.17, 15) is 0 Å². The molecule has 4 fully saturated rings. The van der Waals surface area contributed by atoms with Crippen LogP contribution in [-0.4, -0.2) is 0 Å². The second-order valence-corrected chi connectivity index (χ2v) is 19.1. The Morgan fingerprint density at radius 2 is 0.933 bits per heavy atom. The molecule has 0 radical (unpaired) electrons. The van der Waals surface area contributed by atoms with E-state index in [0.717, 1.165) is 35.0 Å². The predicted molar refractivity (Wildman–Crippen MR) is 254 cm³/mol. The molecule has 0 amide bonds. The Kier molecular flexibility index (Phi) is 7.73. The van der Waals surface area contributed by atoms with Crippen LogP contribution in [0.4, 0.5) is 17.1 Å². The van der Waals surface area contributed by atoms with Crippen LogP contribution >= 0.6 is 11.3 Å². The first-order chi connectivity index (χ1) is 29.7. The van der Waals surface area contributed by atoms with E-state index >= 15 is 0 Å². The van der Waals surface area contributed by atoms with E-state index in [0.29, 0.717) is 0 Å². The molecule has 2 heteroatoms. The molecule has 0 N–H and O–H groups in total. The molecule has 1 heterocycles. The highest BCUT2D eigenvalue weighted by Gasteiger charge is 2.61. The summed E-state index contributed by atoms with van der Waals surface area (Å²) in [5, 5.41) is 2.63. The van der Waals surface area contributed by atoms with Gasteiger partial charge < -0.3 is 4.90 Å². The molecule has 1 aromatic heterocycles. The molecule has 60 heavy (non-hydrogen) atoms. The zero-order valence-electron chi connectivity index (χ0n) is 33.6. The Labute approximate surface area is 356 Å². The van der Waals surface area contributed by atoms with E-state index in [4.69, 9.17) is 0 Å². The van der Waals surface area contributed by atoms with Gasteiger partial charge in [-0.3, -0.25) is 0 Å². The first-order valence-corrected chi connectivity index (χ1v) is 22.8. The van der Waals surface area contributed by atoms with Gasteiger partial charge in [0.15, 0.2) is 0 Å². The van der Waals surface area contributed by atoms with Crippen molar-refractivity contribution in [1.82, 2.24) is 0 Å². The van der Waals surface area contributed by atoms with Crippen LogP contribution in [0, 0.1) is 23.7 Å². The summed E-state index contributed by atoms with van der Waals surface area (Å²) in [6, 6.07) is 70.5. The summed E-state index contributed by atoms with van der Waals surface area (Å²) in [6.45, 7) is 0. The third kappa shape index (κ3) is 5.04. The molecule has 4 saturated carbocycles. The molecule has 0 aliphatic heterocycles. The number of benzene rings is 8. The van der Waals surface area contributed by atoms with Crippen molar-refractivity contribution in [2.45, 2.75) is 37.5 Å².